The molecule has 0 N–H and O–H groups in total. The van der Waals surface area contributed by atoms with Crippen molar-refractivity contribution in [3.05, 3.63) is 61.8 Å². The number of benzene rings is 2. The molecule has 0 fully saturated rings. The zero-order valence-electron chi connectivity index (χ0n) is 10.1. The quantitative estimate of drug-likeness (QED) is 0.500. The zero-order valence-corrected chi connectivity index (χ0v) is 14.8. The van der Waals surface area contributed by atoms with Gasteiger partial charge in [0.2, 0.25) is 0 Å². The van der Waals surface area contributed by atoms with E-state index >= 15 is 0 Å². The molecule has 0 unspecified atom stereocenters. The van der Waals surface area contributed by atoms with Crippen LogP contribution in [-0.2, 0) is 11.9 Å². The summed E-state index contributed by atoms with van der Waals surface area (Å²) in [4.78, 5) is 0. The van der Waals surface area contributed by atoms with E-state index in [1.807, 2.05) is 0 Å². The van der Waals surface area contributed by atoms with E-state index in [4.69, 9.17) is 27.9 Å². The average molecular weight is 443 g/mol. The maximum absolute atomic E-state index is 13.2. The third-order valence-corrected chi connectivity index (χ3v) is 4.31. The minimum atomic E-state index is -0.306. The maximum atomic E-state index is 13.2. The Bertz CT molecular complexity index is 635. The number of ether oxygens (including phenoxy) is 1. The van der Waals surface area contributed by atoms with Gasteiger partial charge < -0.3 is 4.74 Å². The van der Waals surface area contributed by atoms with Crippen LogP contribution in [0.2, 0.25) is 10.0 Å². The van der Waals surface area contributed by atoms with Crippen molar-refractivity contribution in [2.75, 3.05) is 0 Å². The predicted molar refractivity (Wildman–Crippen MR) is 87.5 cm³/mol. The van der Waals surface area contributed by atoms with Crippen molar-refractivity contribution in [3.63, 3.8) is 0 Å². The lowest BCUT2D eigenvalue weighted by molar-refractivity contribution is 0.304. The number of rotatable bonds is 4. The molecule has 0 aliphatic rings. The van der Waals surface area contributed by atoms with Crippen molar-refractivity contribution in [1.29, 1.82) is 0 Å². The van der Waals surface area contributed by atoms with Gasteiger partial charge in [-0.1, -0.05) is 45.2 Å². The monoisotopic (exact) mass is 440 g/mol. The highest BCUT2D eigenvalue weighted by Gasteiger charge is 2.10. The van der Waals surface area contributed by atoms with Crippen LogP contribution < -0.4 is 4.74 Å². The van der Waals surface area contributed by atoms with Crippen LogP contribution in [0.5, 0.6) is 5.75 Å². The van der Waals surface area contributed by atoms with Gasteiger partial charge in [0.25, 0.3) is 0 Å². The predicted octanol–water partition coefficient (Wildman–Crippen LogP) is 6.37. The molecule has 6 heteroatoms. The Morgan fingerprint density at radius 1 is 1.15 bits per heavy atom. The molecule has 2 rings (SSSR count). The van der Waals surface area contributed by atoms with E-state index in [-0.39, 0.29) is 5.82 Å². The average Bonchev–Trinajstić information content (AvgIpc) is 2.40. The van der Waals surface area contributed by atoms with Crippen molar-refractivity contribution >= 4 is 55.1 Å². The fourth-order valence-electron chi connectivity index (χ4n) is 1.66. The number of halogens is 5. The molecule has 0 saturated carbocycles. The fourth-order valence-corrected chi connectivity index (χ4v) is 3.09. The Kier molecular flexibility index (Phi) is 5.73. The topological polar surface area (TPSA) is 9.23 Å². The number of hydrogen-bond acceptors (Lipinski definition) is 1. The van der Waals surface area contributed by atoms with E-state index in [2.05, 4.69) is 31.9 Å². The first-order chi connectivity index (χ1) is 9.51. The van der Waals surface area contributed by atoms with Crippen LogP contribution in [0.4, 0.5) is 4.39 Å². The summed E-state index contributed by atoms with van der Waals surface area (Å²) in [5, 5.41) is 1.59. The number of alkyl halides is 1. The first kappa shape index (κ1) is 16.1. The Hall–Kier alpha value is -0.290. The summed E-state index contributed by atoms with van der Waals surface area (Å²) < 4.78 is 19.3. The second-order valence-corrected chi connectivity index (χ2v) is 6.31. The van der Waals surface area contributed by atoms with Crippen LogP contribution in [-0.4, -0.2) is 0 Å². The van der Waals surface area contributed by atoms with Gasteiger partial charge in [0.1, 0.15) is 18.2 Å². The smallest absolute Gasteiger partial charge is 0.142 e. The van der Waals surface area contributed by atoms with Crippen molar-refractivity contribution in [2.45, 2.75) is 11.9 Å². The molecule has 0 spiro atoms. The van der Waals surface area contributed by atoms with Gasteiger partial charge in [0.05, 0.1) is 9.50 Å². The summed E-state index contributed by atoms with van der Waals surface area (Å²) in [6.45, 7) is 0.292. The minimum Gasteiger partial charge on any atom is -0.487 e. The SMILES string of the molecule is Fc1ccc(COc2c(Cl)cc(Cl)cc2CBr)cc1Br. The Labute approximate surface area is 143 Å². The lowest BCUT2D eigenvalue weighted by atomic mass is 10.2. The van der Waals surface area contributed by atoms with E-state index < -0.39 is 0 Å². The highest BCUT2D eigenvalue weighted by molar-refractivity contribution is 9.10. The van der Waals surface area contributed by atoms with Gasteiger partial charge >= 0.3 is 0 Å². The van der Waals surface area contributed by atoms with Crippen molar-refractivity contribution in [3.8, 4) is 5.75 Å². The third-order valence-electron chi connectivity index (χ3n) is 2.60. The van der Waals surface area contributed by atoms with Crippen LogP contribution >= 0.6 is 55.1 Å². The molecule has 2 aromatic carbocycles. The van der Waals surface area contributed by atoms with E-state index in [1.165, 1.54) is 6.07 Å². The normalized spacial score (nSPS) is 10.7. The van der Waals surface area contributed by atoms with Crippen LogP contribution in [0.1, 0.15) is 11.1 Å². The molecule has 0 bridgehead atoms. The van der Waals surface area contributed by atoms with Crippen LogP contribution in [0, 0.1) is 5.82 Å². The summed E-state index contributed by atoms with van der Waals surface area (Å²) in [6.07, 6.45) is 0. The third kappa shape index (κ3) is 3.88. The summed E-state index contributed by atoms with van der Waals surface area (Å²) in [5.41, 5.74) is 1.70. The molecule has 0 aliphatic carbocycles. The zero-order chi connectivity index (χ0) is 14.7. The van der Waals surface area contributed by atoms with Crippen molar-refractivity contribution in [2.24, 2.45) is 0 Å². The standard InChI is InChI=1S/C14H9Br2Cl2FO/c15-6-9-4-10(17)5-12(18)14(9)20-7-8-1-2-13(19)11(16)3-8/h1-5H,6-7H2. The molecule has 0 heterocycles. The van der Waals surface area contributed by atoms with Gasteiger partial charge in [-0.2, -0.15) is 0 Å². The highest BCUT2D eigenvalue weighted by Crippen LogP contribution is 2.34. The lowest BCUT2D eigenvalue weighted by Gasteiger charge is -2.13. The maximum Gasteiger partial charge on any atom is 0.142 e. The number of hydrogen-bond donors (Lipinski definition) is 0. The second-order valence-electron chi connectivity index (χ2n) is 4.05. The molecule has 20 heavy (non-hydrogen) atoms. The summed E-state index contributed by atoms with van der Waals surface area (Å²) in [6, 6.07) is 8.14. The molecule has 0 saturated heterocycles. The highest BCUT2D eigenvalue weighted by atomic mass is 79.9. The van der Waals surface area contributed by atoms with Crippen LogP contribution in [0.3, 0.4) is 0 Å². The summed E-state index contributed by atoms with van der Waals surface area (Å²) in [5.74, 6) is 0.271. The summed E-state index contributed by atoms with van der Waals surface area (Å²) in [7, 11) is 0. The molecule has 0 aromatic heterocycles. The Morgan fingerprint density at radius 2 is 1.90 bits per heavy atom. The Balaban J connectivity index is 2.20. The van der Waals surface area contributed by atoms with E-state index in [9.17, 15) is 4.39 Å². The first-order valence-electron chi connectivity index (χ1n) is 5.62. The lowest BCUT2D eigenvalue weighted by Crippen LogP contribution is -1.99. The fraction of sp³-hybridized carbons (Fsp3) is 0.143. The summed E-state index contributed by atoms with van der Waals surface area (Å²) >= 11 is 18.6. The molecule has 0 atom stereocenters. The van der Waals surface area contributed by atoms with Crippen LogP contribution in [0.15, 0.2) is 34.8 Å². The molecule has 2 aromatic rings. The van der Waals surface area contributed by atoms with Gasteiger partial charge in [0, 0.05) is 15.9 Å². The van der Waals surface area contributed by atoms with Gasteiger partial charge in [-0.3, -0.25) is 0 Å². The van der Waals surface area contributed by atoms with Crippen LogP contribution in [0.25, 0.3) is 0 Å². The van der Waals surface area contributed by atoms with E-state index in [1.54, 1.807) is 24.3 Å². The van der Waals surface area contributed by atoms with Gasteiger partial charge in [-0.15, -0.1) is 0 Å². The largest absolute Gasteiger partial charge is 0.487 e. The van der Waals surface area contributed by atoms with Crippen molar-refractivity contribution < 1.29 is 9.13 Å². The molecule has 0 radical (unpaired) electrons. The molecular formula is C14H9Br2Cl2FO. The van der Waals surface area contributed by atoms with E-state index in [0.29, 0.717) is 32.2 Å². The van der Waals surface area contributed by atoms with Gasteiger partial charge in [0.15, 0.2) is 0 Å². The van der Waals surface area contributed by atoms with Crippen molar-refractivity contribution in [1.82, 2.24) is 0 Å². The molecule has 0 amide bonds. The Morgan fingerprint density at radius 3 is 2.55 bits per heavy atom. The van der Waals surface area contributed by atoms with Gasteiger partial charge in [-0.25, -0.2) is 4.39 Å². The molecule has 106 valence electrons. The molecule has 0 aliphatic heterocycles. The second kappa shape index (κ2) is 7.12. The van der Waals surface area contributed by atoms with E-state index in [0.717, 1.165) is 11.1 Å². The molecular weight excluding hydrogens is 434 g/mol. The minimum absolute atomic E-state index is 0.292. The molecule has 1 nitrogen and oxygen atoms in total. The van der Waals surface area contributed by atoms with Gasteiger partial charge in [-0.05, 0) is 45.8 Å². The first-order valence-corrected chi connectivity index (χ1v) is 8.29.